The molecule has 0 radical (unpaired) electrons. The monoisotopic (exact) mass is 405 g/mol. The van der Waals surface area contributed by atoms with E-state index in [1.165, 1.54) is 18.4 Å². The molecule has 30 heavy (non-hydrogen) atoms. The fourth-order valence-electron chi connectivity index (χ4n) is 7.37. The zero-order chi connectivity index (χ0) is 20.8. The maximum absolute atomic E-state index is 13.8. The molecular weight excluding hydrogens is 370 g/mol. The summed E-state index contributed by atoms with van der Waals surface area (Å²) in [6.07, 6.45) is 13.7. The van der Waals surface area contributed by atoms with Gasteiger partial charge in [-0.15, -0.1) is 0 Å². The van der Waals surface area contributed by atoms with Crippen molar-refractivity contribution in [1.82, 2.24) is 5.32 Å². The summed E-state index contributed by atoms with van der Waals surface area (Å²) >= 11 is 0. The first-order chi connectivity index (χ1) is 14.5. The second kappa shape index (κ2) is 7.64. The number of benzene rings is 1. The molecule has 0 saturated heterocycles. The molecule has 2 atom stereocenters. The lowest BCUT2D eigenvalue weighted by molar-refractivity contribution is -0.145. The first-order valence-electron chi connectivity index (χ1n) is 11.8. The third kappa shape index (κ3) is 3.33. The molecule has 160 valence electrons. The molecular formula is C26H35N3O. The molecule has 4 heteroatoms. The minimum atomic E-state index is -0.220. The van der Waals surface area contributed by atoms with Crippen molar-refractivity contribution in [2.45, 2.75) is 75.3 Å². The molecule has 5 aliphatic carbocycles. The van der Waals surface area contributed by atoms with Crippen LogP contribution in [-0.4, -0.2) is 31.3 Å². The lowest BCUT2D eigenvalue weighted by atomic mass is 9.41. The minimum Gasteiger partial charge on any atom is -0.353 e. The number of nitrogens with two attached hydrogens (primary N) is 1. The Morgan fingerprint density at radius 1 is 1.07 bits per heavy atom. The van der Waals surface area contributed by atoms with E-state index in [9.17, 15) is 4.79 Å². The number of amides is 1. The van der Waals surface area contributed by atoms with Crippen molar-refractivity contribution in [3.05, 3.63) is 47.5 Å². The summed E-state index contributed by atoms with van der Waals surface area (Å²) in [6, 6.07) is 11.6. The molecule has 1 amide bonds. The van der Waals surface area contributed by atoms with Crippen molar-refractivity contribution in [3.63, 3.8) is 0 Å². The second-order valence-electron chi connectivity index (χ2n) is 10.5. The summed E-state index contributed by atoms with van der Waals surface area (Å²) in [6.45, 7) is 0. The van der Waals surface area contributed by atoms with Crippen LogP contribution in [0.2, 0.25) is 0 Å². The van der Waals surface area contributed by atoms with Gasteiger partial charge in [0.1, 0.15) is 0 Å². The van der Waals surface area contributed by atoms with Crippen LogP contribution in [0.1, 0.15) is 63.4 Å². The highest BCUT2D eigenvalue weighted by atomic mass is 16.2. The highest BCUT2D eigenvalue weighted by molar-refractivity contribution is 5.84. The molecule has 4 nitrogen and oxygen atoms in total. The molecule has 2 unspecified atom stereocenters. The van der Waals surface area contributed by atoms with Crippen LogP contribution in [0.4, 0.5) is 0 Å². The van der Waals surface area contributed by atoms with Crippen LogP contribution in [0.15, 0.2) is 47.0 Å². The summed E-state index contributed by atoms with van der Waals surface area (Å²) in [5.41, 5.74) is 8.97. The predicted molar refractivity (Wildman–Crippen MR) is 121 cm³/mol. The van der Waals surface area contributed by atoms with Crippen molar-refractivity contribution in [2.24, 2.45) is 28.0 Å². The summed E-state index contributed by atoms with van der Waals surface area (Å²) < 4.78 is 0. The first kappa shape index (κ1) is 20.0. The third-order valence-electron chi connectivity index (χ3n) is 8.56. The van der Waals surface area contributed by atoms with Crippen molar-refractivity contribution in [3.8, 4) is 0 Å². The van der Waals surface area contributed by atoms with Crippen LogP contribution in [0.25, 0.3) is 0 Å². The molecule has 5 saturated carbocycles. The zero-order valence-corrected chi connectivity index (χ0v) is 18.1. The lowest BCUT2D eigenvalue weighted by Gasteiger charge is -2.62. The van der Waals surface area contributed by atoms with E-state index < -0.39 is 0 Å². The highest BCUT2D eigenvalue weighted by Crippen LogP contribution is 2.67. The number of carbonyl (C=O) groups is 1. The average molecular weight is 406 g/mol. The van der Waals surface area contributed by atoms with E-state index >= 15 is 0 Å². The molecule has 0 heterocycles. The van der Waals surface area contributed by atoms with Gasteiger partial charge in [-0.25, -0.2) is 0 Å². The van der Waals surface area contributed by atoms with Crippen molar-refractivity contribution in [1.29, 1.82) is 0 Å². The Bertz CT molecular complexity index is 832. The second-order valence-corrected chi connectivity index (χ2v) is 10.5. The van der Waals surface area contributed by atoms with Crippen LogP contribution in [0.5, 0.6) is 0 Å². The Morgan fingerprint density at radius 3 is 2.37 bits per heavy atom. The van der Waals surface area contributed by atoms with Gasteiger partial charge in [0.05, 0.1) is 5.41 Å². The smallest absolute Gasteiger partial charge is 0.226 e. The zero-order valence-electron chi connectivity index (χ0n) is 18.1. The maximum Gasteiger partial charge on any atom is 0.226 e. The van der Waals surface area contributed by atoms with E-state index in [0.29, 0.717) is 29.8 Å². The van der Waals surface area contributed by atoms with E-state index in [4.69, 9.17) is 5.73 Å². The van der Waals surface area contributed by atoms with Gasteiger partial charge in [0.25, 0.3) is 0 Å². The van der Waals surface area contributed by atoms with Gasteiger partial charge < -0.3 is 11.1 Å². The number of rotatable bonds is 4. The van der Waals surface area contributed by atoms with Gasteiger partial charge in [-0.05, 0) is 86.7 Å². The van der Waals surface area contributed by atoms with E-state index in [1.807, 2.05) is 13.3 Å². The lowest BCUT2D eigenvalue weighted by Crippen LogP contribution is -2.61. The van der Waals surface area contributed by atoms with Gasteiger partial charge in [-0.2, -0.15) is 0 Å². The Balaban J connectivity index is 1.45. The SMILES string of the molecule is CN=CC=C1C2CC3(C(=O)NC4CCC(N)CC4)CC1CC(c1ccccc1)(C2)C3. The first-order valence-corrected chi connectivity index (χ1v) is 11.8. The van der Waals surface area contributed by atoms with E-state index in [-0.39, 0.29) is 10.8 Å². The van der Waals surface area contributed by atoms with Crippen molar-refractivity contribution in [2.75, 3.05) is 7.05 Å². The van der Waals surface area contributed by atoms with E-state index in [0.717, 1.165) is 44.9 Å². The Kier molecular flexibility index (Phi) is 5.09. The summed E-state index contributed by atoms with van der Waals surface area (Å²) in [5.74, 6) is 1.31. The van der Waals surface area contributed by atoms with Gasteiger partial charge in [0, 0.05) is 25.3 Å². The quantitative estimate of drug-likeness (QED) is 0.739. The predicted octanol–water partition coefficient (Wildman–Crippen LogP) is 4.15. The average Bonchev–Trinajstić information content (AvgIpc) is 2.75. The number of hydrogen-bond acceptors (Lipinski definition) is 3. The number of aliphatic imine (C=N–C) groups is 1. The topological polar surface area (TPSA) is 67.5 Å². The molecule has 0 aliphatic heterocycles. The van der Waals surface area contributed by atoms with E-state index in [1.54, 1.807) is 5.57 Å². The standard InChI is InChI=1S/C26H35N3O/c1-28-12-11-23-18-13-25(20-5-3-2-4-6-20)14-19(23)16-26(15-18,17-25)24(30)29-22-9-7-21(27)8-10-22/h2-6,11-12,18-19,21-22H,7-10,13-17,27H2,1H3,(H,29,30). The van der Waals surface area contributed by atoms with Crippen LogP contribution in [0, 0.1) is 17.3 Å². The molecule has 3 N–H and O–H groups in total. The van der Waals surface area contributed by atoms with Gasteiger partial charge in [-0.1, -0.05) is 35.9 Å². The number of nitrogens with zero attached hydrogens (tertiary/aromatic N) is 1. The molecule has 0 spiro atoms. The van der Waals surface area contributed by atoms with Crippen LogP contribution in [0.3, 0.4) is 0 Å². The minimum absolute atomic E-state index is 0.139. The van der Waals surface area contributed by atoms with Gasteiger partial charge in [0.15, 0.2) is 0 Å². The van der Waals surface area contributed by atoms with Crippen LogP contribution < -0.4 is 11.1 Å². The molecule has 5 aliphatic rings. The normalized spacial score (nSPS) is 40.0. The summed E-state index contributed by atoms with van der Waals surface area (Å²) in [5, 5.41) is 3.48. The summed E-state index contributed by atoms with van der Waals surface area (Å²) in [4.78, 5) is 18.0. The Labute approximate surface area is 180 Å². The molecule has 5 fully saturated rings. The van der Waals surface area contributed by atoms with Crippen molar-refractivity contribution < 1.29 is 4.79 Å². The van der Waals surface area contributed by atoms with Crippen molar-refractivity contribution >= 4 is 12.1 Å². The van der Waals surface area contributed by atoms with Crippen LogP contribution >= 0.6 is 0 Å². The fraction of sp³-hybridized carbons (Fsp3) is 0.615. The Morgan fingerprint density at radius 2 is 1.73 bits per heavy atom. The third-order valence-corrected chi connectivity index (χ3v) is 8.56. The number of nitrogens with one attached hydrogen (secondary N) is 1. The molecule has 0 aromatic heterocycles. The molecule has 1 aromatic carbocycles. The largest absolute Gasteiger partial charge is 0.353 e. The molecule has 6 rings (SSSR count). The van der Waals surface area contributed by atoms with E-state index in [2.05, 4.69) is 46.7 Å². The highest BCUT2D eigenvalue weighted by Gasteiger charge is 2.62. The molecule has 1 aromatic rings. The number of allylic oxidation sites excluding steroid dienone is 2. The van der Waals surface area contributed by atoms with Gasteiger partial charge in [0.2, 0.25) is 5.91 Å². The number of hydrogen-bond donors (Lipinski definition) is 2. The van der Waals surface area contributed by atoms with Gasteiger partial charge in [-0.3, -0.25) is 9.79 Å². The van der Waals surface area contributed by atoms with Crippen LogP contribution in [-0.2, 0) is 10.2 Å². The van der Waals surface area contributed by atoms with Gasteiger partial charge >= 0.3 is 0 Å². The number of carbonyl (C=O) groups excluding carboxylic acids is 1. The summed E-state index contributed by atoms with van der Waals surface area (Å²) in [7, 11) is 1.84. The fourth-order valence-corrected chi connectivity index (χ4v) is 7.37. The Hall–Kier alpha value is -1.94. The maximum atomic E-state index is 13.8. The molecule has 4 bridgehead atoms.